The van der Waals surface area contributed by atoms with Crippen molar-refractivity contribution >= 4 is 11.3 Å². The fraction of sp³-hybridized carbons (Fsp3) is 0.800. The summed E-state index contributed by atoms with van der Waals surface area (Å²) >= 11 is 1.65. The standard InChI is InChI=1S/C10H17N3OS/c1-7(9-4-3-5-14-9)11-6-10-13-12-8(2)15-10/h7,9,11H,3-6H2,1-2H3. The van der Waals surface area contributed by atoms with E-state index in [0.29, 0.717) is 12.1 Å². The smallest absolute Gasteiger partial charge is 0.131 e. The number of aromatic nitrogens is 2. The average molecular weight is 227 g/mol. The minimum absolute atomic E-state index is 0.374. The van der Waals surface area contributed by atoms with Gasteiger partial charge in [0.05, 0.1) is 12.6 Å². The highest BCUT2D eigenvalue weighted by molar-refractivity contribution is 7.11. The van der Waals surface area contributed by atoms with Crippen molar-refractivity contribution in [2.45, 2.75) is 45.4 Å². The highest BCUT2D eigenvalue weighted by Crippen LogP contribution is 2.16. The molecular weight excluding hydrogens is 210 g/mol. The second-order valence-corrected chi connectivity index (χ2v) is 5.20. The Morgan fingerprint density at radius 2 is 2.47 bits per heavy atom. The molecule has 1 N–H and O–H groups in total. The third-order valence-electron chi connectivity index (χ3n) is 2.67. The van der Waals surface area contributed by atoms with Crippen molar-refractivity contribution in [1.29, 1.82) is 0 Å². The van der Waals surface area contributed by atoms with Crippen LogP contribution in [0, 0.1) is 6.92 Å². The van der Waals surface area contributed by atoms with E-state index >= 15 is 0 Å². The van der Waals surface area contributed by atoms with Gasteiger partial charge in [0.1, 0.15) is 10.0 Å². The van der Waals surface area contributed by atoms with Crippen LogP contribution in [0.15, 0.2) is 0 Å². The summed E-state index contributed by atoms with van der Waals surface area (Å²) in [6.45, 7) is 5.86. The zero-order valence-corrected chi connectivity index (χ0v) is 10.0. The number of nitrogens with zero attached hydrogens (tertiary/aromatic N) is 2. The van der Waals surface area contributed by atoms with Crippen molar-refractivity contribution in [2.75, 3.05) is 6.61 Å². The maximum Gasteiger partial charge on any atom is 0.131 e. The van der Waals surface area contributed by atoms with Gasteiger partial charge in [0, 0.05) is 12.6 Å². The van der Waals surface area contributed by atoms with E-state index in [1.807, 2.05) is 6.92 Å². The maximum absolute atomic E-state index is 5.61. The van der Waals surface area contributed by atoms with Crippen LogP contribution in [0.3, 0.4) is 0 Å². The normalized spacial score (nSPS) is 23.2. The Hall–Kier alpha value is -0.520. The Bertz CT molecular complexity index is 309. The molecule has 0 radical (unpaired) electrons. The summed E-state index contributed by atoms with van der Waals surface area (Å²) in [5, 5.41) is 13.6. The van der Waals surface area contributed by atoms with Crippen LogP contribution in [0.1, 0.15) is 29.8 Å². The summed E-state index contributed by atoms with van der Waals surface area (Å²) in [4.78, 5) is 0. The van der Waals surface area contributed by atoms with Crippen molar-refractivity contribution in [1.82, 2.24) is 15.5 Å². The van der Waals surface area contributed by atoms with Crippen LogP contribution in [0.4, 0.5) is 0 Å². The number of aryl methyl sites for hydroxylation is 1. The van der Waals surface area contributed by atoms with Crippen LogP contribution in [-0.4, -0.2) is 29.0 Å². The summed E-state index contributed by atoms with van der Waals surface area (Å²) < 4.78 is 5.61. The molecule has 1 aliphatic heterocycles. The van der Waals surface area contributed by atoms with Gasteiger partial charge in [-0.1, -0.05) is 0 Å². The third kappa shape index (κ3) is 2.96. The Morgan fingerprint density at radius 3 is 3.07 bits per heavy atom. The topological polar surface area (TPSA) is 47.0 Å². The lowest BCUT2D eigenvalue weighted by Crippen LogP contribution is -2.36. The van der Waals surface area contributed by atoms with E-state index in [0.717, 1.165) is 23.2 Å². The lowest BCUT2D eigenvalue weighted by atomic mass is 10.1. The summed E-state index contributed by atoms with van der Waals surface area (Å²) in [5.74, 6) is 0. The summed E-state index contributed by atoms with van der Waals surface area (Å²) in [6, 6.07) is 0.400. The number of ether oxygens (including phenoxy) is 1. The molecular formula is C10H17N3OS. The quantitative estimate of drug-likeness (QED) is 0.847. The van der Waals surface area contributed by atoms with Gasteiger partial charge in [-0.05, 0) is 26.7 Å². The molecule has 1 aromatic rings. The number of rotatable bonds is 4. The van der Waals surface area contributed by atoms with Crippen LogP contribution in [0.5, 0.6) is 0 Å². The fourth-order valence-electron chi connectivity index (χ4n) is 1.79. The van der Waals surface area contributed by atoms with Gasteiger partial charge in [-0.3, -0.25) is 0 Å². The lowest BCUT2D eigenvalue weighted by molar-refractivity contribution is 0.0832. The van der Waals surface area contributed by atoms with E-state index in [2.05, 4.69) is 22.4 Å². The Balaban J connectivity index is 1.77. The predicted molar refractivity (Wildman–Crippen MR) is 59.9 cm³/mol. The first-order valence-electron chi connectivity index (χ1n) is 5.39. The van der Waals surface area contributed by atoms with Crippen LogP contribution < -0.4 is 5.32 Å². The van der Waals surface area contributed by atoms with E-state index in [1.54, 1.807) is 11.3 Å². The van der Waals surface area contributed by atoms with Crippen molar-refractivity contribution in [2.24, 2.45) is 0 Å². The molecule has 2 unspecified atom stereocenters. The van der Waals surface area contributed by atoms with E-state index in [-0.39, 0.29) is 0 Å². The minimum atomic E-state index is 0.374. The van der Waals surface area contributed by atoms with Crippen LogP contribution in [0.2, 0.25) is 0 Å². The van der Waals surface area contributed by atoms with Crippen molar-refractivity contribution < 1.29 is 4.74 Å². The second kappa shape index (κ2) is 5.01. The number of nitrogens with one attached hydrogen (secondary N) is 1. The van der Waals surface area contributed by atoms with Gasteiger partial charge in [-0.15, -0.1) is 21.5 Å². The van der Waals surface area contributed by atoms with Gasteiger partial charge in [-0.25, -0.2) is 0 Å². The zero-order chi connectivity index (χ0) is 10.7. The Kier molecular flexibility index (Phi) is 3.66. The second-order valence-electron chi connectivity index (χ2n) is 3.94. The van der Waals surface area contributed by atoms with Crippen LogP contribution in [-0.2, 0) is 11.3 Å². The van der Waals surface area contributed by atoms with Crippen molar-refractivity contribution in [3.05, 3.63) is 10.0 Å². The molecule has 1 fully saturated rings. The number of hydrogen-bond acceptors (Lipinski definition) is 5. The summed E-state index contributed by atoms with van der Waals surface area (Å²) in [7, 11) is 0. The Labute approximate surface area is 94.1 Å². The minimum Gasteiger partial charge on any atom is -0.377 e. The molecule has 2 atom stereocenters. The fourth-order valence-corrected chi connectivity index (χ4v) is 2.45. The van der Waals surface area contributed by atoms with E-state index in [9.17, 15) is 0 Å². The van der Waals surface area contributed by atoms with E-state index < -0.39 is 0 Å². The van der Waals surface area contributed by atoms with Gasteiger partial charge >= 0.3 is 0 Å². The molecule has 4 nitrogen and oxygen atoms in total. The summed E-state index contributed by atoms with van der Waals surface area (Å²) in [5.41, 5.74) is 0. The molecule has 0 aromatic carbocycles. The van der Waals surface area contributed by atoms with Gasteiger partial charge in [0.25, 0.3) is 0 Å². The third-order valence-corrected chi connectivity index (χ3v) is 3.50. The van der Waals surface area contributed by atoms with Gasteiger partial charge < -0.3 is 10.1 Å². The predicted octanol–water partition coefficient (Wildman–Crippen LogP) is 1.50. The van der Waals surface area contributed by atoms with Gasteiger partial charge in [0.2, 0.25) is 0 Å². The molecule has 0 spiro atoms. The highest BCUT2D eigenvalue weighted by Gasteiger charge is 2.21. The van der Waals surface area contributed by atoms with Crippen LogP contribution >= 0.6 is 11.3 Å². The molecule has 0 saturated carbocycles. The molecule has 15 heavy (non-hydrogen) atoms. The molecule has 0 aliphatic carbocycles. The Morgan fingerprint density at radius 1 is 1.60 bits per heavy atom. The summed E-state index contributed by atoms with van der Waals surface area (Å²) in [6.07, 6.45) is 2.73. The monoisotopic (exact) mass is 227 g/mol. The molecule has 5 heteroatoms. The molecule has 2 rings (SSSR count). The molecule has 0 bridgehead atoms. The first kappa shape index (κ1) is 11.0. The molecule has 1 saturated heterocycles. The first-order chi connectivity index (χ1) is 7.25. The van der Waals surface area contributed by atoms with Crippen LogP contribution in [0.25, 0.3) is 0 Å². The molecule has 2 heterocycles. The van der Waals surface area contributed by atoms with E-state index in [1.165, 1.54) is 12.8 Å². The van der Waals surface area contributed by atoms with Crippen molar-refractivity contribution in [3.8, 4) is 0 Å². The molecule has 84 valence electrons. The lowest BCUT2D eigenvalue weighted by Gasteiger charge is -2.19. The highest BCUT2D eigenvalue weighted by atomic mass is 32.1. The van der Waals surface area contributed by atoms with Gasteiger partial charge in [-0.2, -0.15) is 0 Å². The number of hydrogen-bond donors (Lipinski definition) is 1. The van der Waals surface area contributed by atoms with Gasteiger partial charge in [0.15, 0.2) is 0 Å². The SMILES string of the molecule is Cc1nnc(CNC(C)C2CCCO2)s1. The average Bonchev–Trinajstić information content (AvgIpc) is 2.84. The maximum atomic E-state index is 5.61. The molecule has 0 amide bonds. The largest absolute Gasteiger partial charge is 0.377 e. The molecule has 1 aliphatic rings. The van der Waals surface area contributed by atoms with Crippen molar-refractivity contribution in [3.63, 3.8) is 0 Å². The van der Waals surface area contributed by atoms with E-state index in [4.69, 9.17) is 4.74 Å². The molecule has 1 aromatic heterocycles. The first-order valence-corrected chi connectivity index (χ1v) is 6.21. The zero-order valence-electron chi connectivity index (χ0n) is 9.19.